The Balaban J connectivity index is 1.73. The number of nitrogens with zero attached hydrogens (tertiary/aromatic N) is 2. The molecule has 0 fully saturated rings. The zero-order valence-electron chi connectivity index (χ0n) is 13.3. The van der Waals surface area contributed by atoms with E-state index in [4.69, 9.17) is 9.72 Å². The van der Waals surface area contributed by atoms with Crippen LogP contribution in [-0.4, -0.2) is 22.1 Å². The summed E-state index contributed by atoms with van der Waals surface area (Å²) in [5.74, 6) is 2.48. The van der Waals surface area contributed by atoms with E-state index in [2.05, 4.69) is 10.3 Å². The fourth-order valence-corrected chi connectivity index (χ4v) is 3.76. The third-order valence-electron chi connectivity index (χ3n) is 3.88. The van der Waals surface area contributed by atoms with Crippen molar-refractivity contribution in [3.05, 3.63) is 60.4 Å². The number of fused-ring (bicyclic) bond motifs is 1. The number of anilines is 1. The first-order valence-electron chi connectivity index (χ1n) is 7.89. The minimum atomic E-state index is 0.653. The SMILES string of the molecule is O=CNc1cccc(Oc2cc(-c3cccnc3)nc3c2CCS3)c1. The highest BCUT2D eigenvalue weighted by Gasteiger charge is 2.21. The largest absolute Gasteiger partial charge is 0.457 e. The minimum Gasteiger partial charge on any atom is -0.457 e. The number of benzene rings is 1. The Labute approximate surface area is 149 Å². The molecule has 3 heterocycles. The van der Waals surface area contributed by atoms with Crippen LogP contribution in [0.5, 0.6) is 11.5 Å². The van der Waals surface area contributed by atoms with E-state index in [1.54, 1.807) is 30.2 Å². The van der Waals surface area contributed by atoms with Crippen LogP contribution in [0.25, 0.3) is 11.3 Å². The third kappa shape index (κ3) is 3.34. The van der Waals surface area contributed by atoms with E-state index >= 15 is 0 Å². The fraction of sp³-hybridized carbons (Fsp3) is 0.105. The monoisotopic (exact) mass is 349 g/mol. The molecule has 0 atom stereocenters. The number of hydrogen-bond acceptors (Lipinski definition) is 5. The Morgan fingerprint density at radius 2 is 2.16 bits per heavy atom. The second-order valence-corrected chi connectivity index (χ2v) is 6.61. The number of thioether (sulfide) groups is 1. The molecule has 0 saturated heterocycles. The van der Waals surface area contributed by atoms with Gasteiger partial charge >= 0.3 is 0 Å². The topological polar surface area (TPSA) is 64.1 Å². The highest BCUT2D eigenvalue weighted by Crippen LogP contribution is 2.40. The van der Waals surface area contributed by atoms with E-state index in [0.29, 0.717) is 17.8 Å². The predicted molar refractivity (Wildman–Crippen MR) is 98.1 cm³/mol. The molecule has 1 aromatic carbocycles. The molecule has 2 aromatic heterocycles. The first kappa shape index (κ1) is 15.7. The standard InChI is InChI=1S/C19H15N3O2S/c23-12-21-14-4-1-5-15(9-14)24-18-10-17(13-3-2-7-20-11-13)22-19-16(18)6-8-25-19/h1-5,7,9-12H,6,8H2,(H,21,23). The molecular formula is C19H15N3O2S. The van der Waals surface area contributed by atoms with Gasteiger partial charge in [-0.3, -0.25) is 9.78 Å². The minimum absolute atomic E-state index is 0.653. The second-order valence-electron chi connectivity index (χ2n) is 5.52. The summed E-state index contributed by atoms with van der Waals surface area (Å²) < 4.78 is 6.14. The van der Waals surface area contributed by atoms with Gasteiger partial charge in [0.2, 0.25) is 6.41 Å². The molecule has 6 heteroatoms. The number of nitrogens with one attached hydrogen (secondary N) is 1. The van der Waals surface area contributed by atoms with Crippen molar-refractivity contribution < 1.29 is 9.53 Å². The number of amides is 1. The molecule has 1 aliphatic heterocycles. The predicted octanol–water partition coefficient (Wildman–Crippen LogP) is 4.15. The van der Waals surface area contributed by atoms with Crippen LogP contribution >= 0.6 is 11.8 Å². The molecule has 0 aliphatic carbocycles. The zero-order chi connectivity index (χ0) is 17.1. The Morgan fingerprint density at radius 1 is 1.20 bits per heavy atom. The quantitative estimate of drug-likeness (QED) is 0.701. The number of carbonyl (C=O) groups is 1. The molecule has 3 aromatic rings. The summed E-state index contributed by atoms with van der Waals surface area (Å²) in [6.45, 7) is 0. The maximum atomic E-state index is 10.6. The van der Waals surface area contributed by atoms with Crippen molar-refractivity contribution in [1.29, 1.82) is 0 Å². The molecule has 0 radical (unpaired) electrons. The van der Waals surface area contributed by atoms with Crippen molar-refractivity contribution in [2.75, 3.05) is 11.1 Å². The first-order valence-corrected chi connectivity index (χ1v) is 8.87. The molecule has 1 aliphatic rings. The molecule has 124 valence electrons. The lowest BCUT2D eigenvalue weighted by molar-refractivity contribution is -0.105. The van der Waals surface area contributed by atoms with E-state index in [0.717, 1.165) is 39.8 Å². The summed E-state index contributed by atoms with van der Waals surface area (Å²) in [7, 11) is 0. The number of hydrogen-bond donors (Lipinski definition) is 1. The van der Waals surface area contributed by atoms with Gasteiger partial charge in [-0.1, -0.05) is 6.07 Å². The van der Waals surface area contributed by atoms with E-state index in [1.165, 1.54) is 0 Å². The molecular weight excluding hydrogens is 334 g/mol. The highest BCUT2D eigenvalue weighted by molar-refractivity contribution is 7.99. The Hall–Kier alpha value is -2.86. The number of pyridine rings is 2. The van der Waals surface area contributed by atoms with Gasteiger partial charge in [-0.05, 0) is 30.7 Å². The highest BCUT2D eigenvalue weighted by atomic mass is 32.2. The van der Waals surface area contributed by atoms with Gasteiger partial charge in [0, 0.05) is 47.1 Å². The lowest BCUT2D eigenvalue weighted by Crippen LogP contribution is -1.97. The lowest BCUT2D eigenvalue weighted by Gasteiger charge is -2.13. The smallest absolute Gasteiger partial charge is 0.211 e. The molecule has 0 saturated carbocycles. The van der Waals surface area contributed by atoms with Crippen molar-refractivity contribution in [2.24, 2.45) is 0 Å². The normalized spacial score (nSPS) is 12.5. The van der Waals surface area contributed by atoms with Crippen molar-refractivity contribution in [1.82, 2.24) is 9.97 Å². The Morgan fingerprint density at radius 3 is 3.00 bits per heavy atom. The van der Waals surface area contributed by atoms with Gasteiger partial charge in [-0.2, -0.15) is 0 Å². The van der Waals surface area contributed by atoms with Crippen molar-refractivity contribution in [2.45, 2.75) is 11.4 Å². The summed E-state index contributed by atoms with van der Waals surface area (Å²) in [4.78, 5) is 19.6. The summed E-state index contributed by atoms with van der Waals surface area (Å²) >= 11 is 1.74. The van der Waals surface area contributed by atoms with Crippen molar-refractivity contribution in [3.8, 4) is 22.8 Å². The number of rotatable bonds is 5. The Kier molecular flexibility index (Phi) is 4.35. The van der Waals surface area contributed by atoms with Gasteiger partial charge in [0.05, 0.1) is 5.69 Å². The lowest BCUT2D eigenvalue weighted by atomic mass is 10.1. The van der Waals surface area contributed by atoms with Crippen molar-refractivity contribution in [3.63, 3.8) is 0 Å². The third-order valence-corrected chi connectivity index (χ3v) is 4.90. The van der Waals surface area contributed by atoms with E-state index in [9.17, 15) is 4.79 Å². The molecule has 1 N–H and O–H groups in total. The summed E-state index contributed by atoms with van der Waals surface area (Å²) in [6, 6.07) is 13.2. The van der Waals surface area contributed by atoms with Crippen LogP contribution in [0.2, 0.25) is 0 Å². The molecule has 0 spiro atoms. The van der Waals surface area contributed by atoms with Crippen LogP contribution in [0.4, 0.5) is 5.69 Å². The van der Waals surface area contributed by atoms with Crippen LogP contribution in [-0.2, 0) is 11.2 Å². The van der Waals surface area contributed by atoms with E-state index in [-0.39, 0.29) is 0 Å². The average molecular weight is 349 g/mol. The number of aromatic nitrogens is 2. The van der Waals surface area contributed by atoms with E-state index < -0.39 is 0 Å². The average Bonchev–Trinajstić information content (AvgIpc) is 3.12. The maximum Gasteiger partial charge on any atom is 0.211 e. The molecule has 25 heavy (non-hydrogen) atoms. The van der Waals surface area contributed by atoms with Gasteiger partial charge in [0.15, 0.2) is 0 Å². The van der Waals surface area contributed by atoms with E-state index in [1.807, 2.05) is 36.4 Å². The zero-order valence-corrected chi connectivity index (χ0v) is 14.1. The molecule has 1 amide bonds. The molecule has 4 rings (SSSR count). The van der Waals surface area contributed by atoms with Crippen LogP contribution < -0.4 is 10.1 Å². The number of ether oxygens (including phenoxy) is 1. The Bertz CT molecular complexity index is 916. The number of carbonyl (C=O) groups excluding carboxylic acids is 1. The van der Waals surface area contributed by atoms with Gasteiger partial charge in [0.25, 0.3) is 0 Å². The first-order chi connectivity index (χ1) is 12.3. The van der Waals surface area contributed by atoms with Crippen molar-refractivity contribution >= 4 is 23.9 Å². The van der Waals surface area contributed by atoms with Crippen LogP contribution in [0.1, 0.15) is 5.56 Å². The molecule has 0 unspecified atom stereocenters. The molecule has 0 bridgehead atoms. The molecule has 5 nitrogen and oxygen atoms in total. The van der Waals surface area contributed by atoms with Gasteiger partial charge in [-0.25, -0.2) is 4.98 Å². The fourth-order valence-electron chi connectivity index (χ4n) is 2.72. The van der Waals surface area contributed by atoms with Gasteiger partial charge < -0.3 is 10.1 Å². The van der Waals surface area contributed by atoms with Crippen LogP contribution in [0, 0.1) is 0 Å². The van der Waals surface area contributed by atoms with Crippen LogP contribution in [0.3, 0.4) is 0 Å². The van der Waals surface area contributed by atoms with Crippen LogP contribution in [0.15, 0.2) is 59.9 Å². The maximum absolute atomic E-state index is 10.6. The van der Waals surface area contributed by atoms with Gasteiger partial charge in [0.1, 0.15) is 16.5 Å². The van der Waals surface area contributed by atoms with Gasteiger partial charge in [-0.15, -0.1) is 11.8 Å². The summed E-state index contributed by atoms with van der Waals surface area (Å²) in [5.41, 5.74) is 3.63. The summed E-state index contributed by atoms with van der Waals surface area (Å²) in [6.07, 6.45) is 5.13. The summed E-state index contributed by atoms with van der Waals surface area (Å²) in [5, 5.41) is 3.65. The second kappa shape index (κ2) is 6.94.